The Morgan fingerprint density at radius 2 is 2.00 bits per heavy atom. The summed E-state index contributed by atoms with van der Waals surface area (Å²) in [5.74, 6) is 2.76. The Morgan fingerprint density at radius 3 is 2.67 bits per heavy atom. The van der Waals surface area contributed by atoms with E-state index in [9.17, 15) is 4.21 Å². The molecular formula is C14H23NO2S. The maximum absolute atomic E-state index is 11.7. The highest BCUT2D eigenvalue weighted by Crippen LogP contribution is 2.16. The van der Waals surface area contributed by atoms with Crippen LogP contribution in [0.25, 0.3) is 0 Å². The summed E-state index contributed by atoms with van der Waals surface area (Å²) in [5, 5.41) is 0. The highest BCUT2D eigenvalue weighted by atomic mass is 32.2. The highest BCUT2D eigenvalue weighted by molar-refractivity contribution is 7.84. The Balaban J connectivity index is 2.31. The van der Waals surface area contributed by atoms with Crippen molar-refractivity contribution in [2.24, 2.45) is 11.7 Å². The van der Waals surface area contributed by atoms with Crippen LogP contribution >= 0.6 is 0 Å². The normalized spacial score (nSPS) is 12.7. The summed E-state index contributed by atoms with van der Waals surface area (Å²) in [4.78, 5) is 0. The predicted octanol–water partition coefficient (Wildman–Crippen LogP) is 2.32. The first kappa shape index (κ1) is 15.2. The van der Waals surface area contributed by atoms with Crippen LogP contribution in [-0.4, -0.2) is 22.3 Å². The number of benzene rings is 1. The van der Waals surface area contributed by atoms with E-state index in [2.05, 4.69) is 13.8 Å². The molecule has 0 radical (unpaired) electrons. The maximum atomic E-state index is 11.7. The van der Waals surface area contributed by atoms with Gasteiger partial charge in [-0.15, -0.1) is 0 Å². The SMILES string of the molecule is CC(C)CCS(=O)CCOc1ccccc1CN. The minimum atomic E-state index is -0.779. The summed E-state index contributed by atoms with van der Waals surface area (Å²) >= 11 is 0. The Hall–Kier alpha value is -0.870. The van der Waals surface area contributed by atoms with Crippen molar-refractivity contribution in [1.82, 2.24) is 0 Å². The zero-order valence-corrected chi connectivity index (χ0v) is 12.0. The molecule has 18 heavy (non-hydrogen) atoms. The third kappa shape index (κ3) is 5.65. The van der Waals surface area contributed by atoms with Crippen LogP contribution in [0.1, 0.15) is 25.8 Å². The van der Waals surface area contributed by atoms with Crippen LogP contribution in [0.2, 0.25) is 0 Å². The lowest BCUT2D eigenvalue weighted by Gasteiger charge is -2.10. The molecule has 0 bridgehead atoms. The van der Waals surface area contributed by atoms with Gasteiger partial charge in [-0.3, -0.25) is 4.21 Å². The van der Waals surface area contributed by atoms with Gasteiger partial charge in [0.05, 0.1) is 12.4 Å². The van der Waals surface area contributed by atoms with Crippen LogP contribution in [0.3, 0.4) is 0 Å². The van der Waals surface area contributed by atoms with Gasteiger partial charge in [0, 0.05) is 28.7 Å². The van der Waals surface area contributed by atoms with Crippen molar-refractivity contribution in [1.29, 1.82) is 0 Å². The molecule has 2 N–H and O–H groups in total. The molecule has 1 unspecified atom stereocenters. The van der Waals surface area contributed by atoms with E-state index in [1.807, 2.05) is 24.3 Å². The first-order chi connectivity index (χ1) is 8.63. The van der Waals surface area contributed by atoms with E-state index in [1.165, 1.54) is 0 Å². The summed E-state index contributed by atoms with van der Waals surface area (Å²) in [7, 11) is -0.779. The van der Waals surface area contributed by atoms with E-state index < -0.39 is 10.8 Å². The molecule has 0 aliphatic carbocycles. The third-order valence-electron chi connectivity index (χ3n) is 2.68. The summed E-state index contributed by atoms with van der Waals surface area (Å²) in [6, 6.07) is 7.71. The van der Waals surface area contributed by atoms with Gasteiger partial charge in [0.2, 0.25) is 0 Å². The molecule has 0 fully saturated rings. The monoisotopic (exact) mass is 269 g/mol. The first-order valence-electron chi connectivity index (χ1n) is 6.39. The Bertz CT molecular complexity index is 380. The topological polar surface area (TPSA) is 52.3 Å². The molecule has 4 heteroatoms. The molecule has 0 amide bonds. The molecule has 102 valence electrons. The summed E-state index contributed by atoms with van der Waals surface area (Å²) in [6.45, 7) is 5.24. The molecular weight excluding hydrogens is 246 g/mol. The highest BCUT2D eigenvalue weighted by Gasteiger charge is 2.04. The first-order valence-corrected chi connectivity index (χ1v) is 7.88. The smallest absolute Gasteiger partial charge is 0.123 e. The maximum Gasteiger partial charge on any atom is 0.123 e. The van der Waals surface area contributed by atoms with Gasteiger partial charge in [-0.25, -0.2) is 0 Å². The summed E-state index contributed by atoms with van der Waals surface area (Å²) < 4.78 is 17.3. The minimum absolute atomic E-state index is 0.465. The summed E-state index contributed by atoms with van der Waals surface area (Å²) in [5.41, 5.74) is 6.61. The molecule has 0 heterocycles. The lowest BCUT2D eigenvalue weighted by Crippen LogP contribution is -2.13. The molecule has 0 aliphatic rings. The second-order valence-corrected chi connectivity index (χ2v) is 6.39. The average Bonchev–Trinajstić information content (AvgIpc) is 2.37. The zero-order chi connectivity index (χ0) is 13.4. The van der Waals surface area contributed by atoms with Crippen molar-refractivity contribution in [3.8, 4) is 5.75 Å². The largest absolute Gasteiger partial charge is 0.492 e. The molecule has 3 nitrogen and oxygen atoms in total. The second kappa shape index (κ2) is 8.27. The van der Waals surface area contributed by atoms with Gasteiger partial charge < -0.3 is 10.5 Å². The van der Waals surface area contributed by atoms with Gasteiger partial charge in [0.15, 0.2) is 0 Å². The van der Waals surface area contributed by atoms with Gasteiger partial charge in [-0.05, 0) is 18.4 Å². The number of hydrogen-bond donors (Lipinski definition) is 1. The fraction of sp³-hybridized carbons (Fsp3) is 0.571. The average molecular weight is 269 g/mol. The van der Waals surface area contributed by atoms with E-state index in [1.54, 1.807) is 0 Å². The fourth-order valence-corrected chi connectivity index (χ4v) is 2.73. The van der Waals surface area contributed by atoms with Crippen LogP contribution in [-0.2, 0) is 17.3 Å². The minimum Gasteiger partial charge on any atom is -0.492 e. The van der Waals surface area contributed by atoms with Gasteiger partial charge in [-0.2, -0.15) is 0 Å². The molecule has 1 aromatic rings. The molecule has 1 aromatic carbocycles. The molecule has 0 saturated heterocycles. The lowest BCUT2D eigenvalue weighted by molar-refractivity contribution is 0.339. The zero-order valence-electron chi connectivity index (χ0n) is 11.2. The predicted molar refractivity (Wildman–Crippen MR) is 77.2 cm³/mol. The van der Waals surface area contributed by atoms with E-state index >= 15 is 0 Å². The van der Waals surface area contributed by atoms with E-state index in [-0.39, 0.29) is 0 Å². The fourth-order valence-electron chi connectivity index (χ4n) is 1.53. The van der Waals surface area contributed by atoms with Crippen molar-refractivity contribution >= 4 is 10.8 Å². The molecule has 1 rings (SSSR count). The van der Waals surface area contributed by atoms with E-state index in [4.69, 9.17) is 10.5 Å². The van der Waals surface area contributed by atoms with Crippen molar-refractivity contribution in [3.63, 3.8) is 0 Å². The van der Waals surface area contributed by atoms with Crippen molar-refractivity contribution in [2.45, 2.75) is 26.8 Å². The van der Waals surface area contributed by atoms with Gasteiger partial charge in [0.1, 0.15) is 5.75 Å². The Labute approximate surface area is 112 Å². The van der Waals surface area contributed by atoms with Crippen molar-refractivity contribution in [3.05, 3.63) is 29.8 Å². The standard InChI is InChI=1S/C14H23NO2S/c1-12(2)7-9-18(16)10-8-17-14-6-4-3-5-13(14)11-15/h3-6,12H,7-11,15H2,1-2H3. The van der Waals surface area contributed by atoms with Crippen LogP contribution in [0.5, 0.6) is 5.75 Å². The molecule has 0 aliphatic heterocycles. The van der Waals surface area contributed by atoms with Crippen molar-refractivity contribution < 1.29 is 8.95 Å². The number of rotatable bonds is 8. The number of nitrogens with two attached hydrogens (primary N) is 1. The molecule has 1 atom stereocenters. The van der Waals surface area contributed by atoms with Crippen molar-refractivity contribution in [2.75, 3.05) is 18.1 Å². The van der Waals surface area contributed by atoms with Crippen LogP contribution in [0, 0.1) is 5.92 Å². The van der Waals surface area contributed by atoms with Gasteiger partial charge >= 0.3 is 0 Å². The Kier molecular flexibility index (Phi) is 6.98. The molecule has 0 aromatic heterocycles. The van der Waals surface area contributed by atoms with Crippen LogP contribution in [0.15, 0.2) is 24.3 Å². The lowest BCUT2D eigenvalue weighted by atomic mass is 10.2. The van der Waals surface area contributed by atoms with Crippen LogP contribution < -0.4 is 10.5 Å². The summed E-state index contributed by atoms with van der Waals surface area (Å²) in [6.07, 6.45) is 1.01. The molecule has 0 saturated carbocycles. The Morgan fingerprint density at radius 1 is 1.28 bits per heavy atom. The second-order valence-electron chi connectivity index (χ2n) is 4.69. The van der Waals surface area contributed by atoms with E-state index in [0.29, 0.717) is 24.8 Å². The quantitative estimate of drug-likeness (QED) is 0.788. The number of ether oxygens (including phenoxy) is 1. The third-order valence-corrected chi connectivity index (χ3v) is 4.00. The number of para-hydroxylation sites is 1. The number of hydrogen-bond acceptors (Lipinski definition) is 3. The van der Waals surface area contributed by atoms with Gasteiger partial charge in [0.25, 0.3) is 0 Å². The molecule has 0 spiro atoms. The van der Waals surface area contributed by atoms with Crippen LogP contribution in [0.4, 0.5) is 0 Å². The van der Waals surface area contributed by atoms with E-state index in [0.717, 1.165) is 23.5 Å². The van der Waals surface area contributed by atoms with Gasteiger partial charge in [-0.1, -0.05) is 32.0 Å².